The Balaban J connectivity index is 1.22. The molecule has 0 aliphatic heterocycles. The van der Waals surface area contributed by atoms with Gasteiger partial charge in [-0.1, -0.05) is 121 Å². The Kier molecular flexibility index (Phi) is 5.06. The fraction of sp³-hybridized carbons (Fsp3) is 0. The van der Waals surface area contributed by atoms with Crippen molar-refractivity contribution < 1.29 is 0 Å². The normalized spacial score (nSPS) is 12.5. The minimum Gasteiger partial charge on any atom is -0.309 e. The summed E-state index contributed by atoms with van der Waals surface area (Å²) in [6, 6.07) is 56.5. The molecule has 1 aliphatic carbocycles. The number of nitrogens with zero attached hydrogens (tertiary/aromatic N) is 1. The van der Waals surface area contributed by atoms with Gasteiger partial charge in [-0.05, 0) is 74.5 Å². The summed E-state index contributed by atoms with van der Waals surface area (Å²) in [5.74, 6) is 0. The van der Waals surface area contributed by atoms with Crippen LogP contribution in [0.3, 0.4) is 0 Å². The van der Waals surface area contributed by atoms with Gasteiger partial charge in [-0.15, -0.1) is 22.7 Å². The number of aromatic nitrogens is 1. The van der Waals surface area contributed by atoms with E-state index in [-0.39, 0.29) is 0 Å². The lowest BCUT2D eigenvalue weighted by Gasteiger charge is -2.14. The van der Waals surface area contributed by atoms with Crippen LogP contribution in [-0.4, -0.2) is 4.57 Å². The number of fused-ring (bicyclic) bond motifs is 15. The van der Waals surface area contributed by atoms with Crippen LogP contribution in [0, 0.1) is 0 Å². The maximum absolute atomic E-state index is 2.55. The van der Waals surface area contributed by atoms with Crippen LogP contribution in [0.25, 0.3) is 112 Å². The third kappa shape index (κ3) is 3.34. The Morgan fingerprint density at radius 1 is 0.367 bits per heavy atom. The van der Waals surface area contributed by atoms with E-state index in [1.807, 2.05) is 22.7 Å². The lowest BCUT2D eigenvalue weighted by atomic mass is 9.94. The monoisotopic (exact) mass is 655 g/mol. The van der Waals surface area contributed by atoms with E-state index in [1.165, 1.54) is 112 Å². The van der Waals surface area contributed by atoms with Crippen molar-refractivity contribution in [3.05, 3.63) is 152 Å². The van der Waals surface area contributed by atoms with E-state index in [0.29, 0.717) is 0 Å². The molecule has 8 aromatic carbocycles. The van der Waals surface area contributed by atoms with E-state index in [9.17, 15) is 0 Å². The van der Waals surface area contributed by atoms with Crippen LogP contribution >= 0.6 is 22.7 Å². The molecule has 12 rings (SSSR count). The molecule has 0 unspecified atom stereocenters. The molecule has 0 bridgehead atoms. The summed E-state index contributed by atoms with van der Waals surface area (Å²) in [5.41, 5.74) is 11.6. The average molecular weight is 656 g/mol. The molecule has 0 saturated carbocycles. The first-order valence-corrected chi connectivity index (χ1v) is 18.4. The highest BCUT2D eigenvalue weighted by Gasteiger charge is 2.25. The maximum atomic E-state index is 2.55. The van der Waals surface area contributed by atoms with Crippen molar-refractivity contribution in [3.8, 4) is 39.1 Å². The Bertz CT molecular complexity index is 3190. The molecule has 0 fully saturated rings. The van der Waals surface area contributed by atoms with E-state index in [2.05, 4.69) is 156 Å². The summed E-state index contributed by atoms with van der Waals surface area (Å²) in [4.78, 5) is 0. The van der Waals surface area contributed by atoms with Crippen molar-refractivity contribution in [3.63, 3.8) is 0 Å². The molecule has 1 nitrogen and oxygen atoms in total. The summed E-state index contributed by atoms with van der Waals surface area (Å²) < 4.78 is 8.02. The number of hydrogen-bond donors (Lipinski definition) is 0. The van der Waals surface area contributed by atoms with Gasteiger partial charge < -0.3 is 4.57 Å². The van der Waals surface area contributed by atoms with Crippen LogP contribution in [-0.2, 0) is 0 Å². The lowest BCUT2D eigenvalue weighted by Crippen LogP contribution is -1.95. The third-order valence-corrected chi connectivity index (χ3v) is 13.2. The van der Waals surface area contributed by atoms with Gasteiger partial charge in [0.1, 0.15) is 0 Å². The highest BCUT2D eigenvalue weighted by Crippen LogP contribution is 2.53. The van der Waals surface area contributed by atoms with Crippen LogP contribution < -0.4 is 0 Å². The summed E-state index contributed by atoms with van der Waals surface area (Å²) in [6.45, 7) is 0. The van der Waals surface area contributed by atoms with E-state index >= 15 is 0 Å². The fourth-order valence-electron chi connectivity index (χ4n) is 8.76. The van der Waals surface area contributed by atoms with Crippen LogP contribution in [0.2, 0.25) is 0 Å². The maximum Gasteiger partial charge on any atom is 0.0641 e. The molecule has 0 spiro atoms. The molecular weight excluding hydrogens is 631 g/mol. The Morgan fingerprint density at radius 2 is 0.939 bits per heavy atom. The number of para-hydroxylation sites is 1. The minimum atomic E-state index is 1.19. The number of rotatable bonds is 2. The second-order valence-electron chi connectivity index (χ2n) is 13.2. The minimum absolute atomic E-state index is 1.19. The van der Waals surface area contributed by atoms with Gasteiger partial charge in [-0.3, -0.25) is 0 Å². The largest absolute Gasteiger partial charge is 0.309 e. The van der Waals surface area contributed by atoms with Crippen LogP contribution in [0.15, 0.2) is 152 Å². The topological polar surface area (TPSA) is 4.93 Å². The van der Waals surface area contributed by atoms with Gasteiger partial charge in [0.15, 0.2) is 0 Å². The molecule has 49 heavy (non-hydrogen) atoms. The molecule has 3 heterocycles. The molecule has 3 aromatic heterocycles. The first-order chi connectivity index (χ1) is 24.3. The molecule has 1 aliphatic rings. The van der Waals surface area contributed by atoms with Crippen LogP contribution in [0.5, 0.6) is 0 Å². The lowest BCUT2D eigenvalue weighted by molar-refractivity contribution is 1.19. The molecule has 3 heteroatoms. The molecule has 0 N–H and O–H groups in total. The molecule has 0 amide bonds. The number of hydrogen-bond acceptors (Lipinski definition) is 2. The van der Waals surface area contributed by atoms with Crippen molar-refractivity contribution in [2.45, 2.75) is 0 Å². The Labute approximate surface area is 289 Å². The molecule has 0 radical (unpaired) electrons. The van der Waals surface area contributed by atoms with Gasteiger partial charge in [-0.2, -0.15) is 0 Å². The van der Waals surface area contributed by atoms with Crippen molar-refractivity contribution in [1.29, 1.82) is 0 Å². The SMILES string of the molecule is c1cc(-c2ccc3c4c(cccc24)-c2ccccc2-3)cc(-n2c3ccccc3c3c4c5ccccc5sc4c4sc5ccccc5c4c32)c1. The number of thiophene rings is 2. The second-order valence-corrected chi connectivity index (χ2v) is 15.3. The Morgan fingerprint density at radius 3 is 1.73 bits per heavy atom. The standard InChI is InChI=1S/C46H25NS2/c1-2-14-30-29(13-1)32-19-10-18-31-28(23-24-33(30)40(31)32)26-11-9-12-27(25-26)47-37-20-6-3-15-34(37)41-42-35-16-4-7-21-38(35)48-45(42)46-43(44(41)47)36-17-5-8-22-39(36)49-46/h1-25H. The zero-order valence-electron chi connectivity index (χ0n) is 26.2. The van der Waals surface area contributed by atoms with Crippen molar-refractivity contribution in [1.82, 2.24) is 4.57 Å². The third-order valence-electron chi connectivity index (χ3n) is 10.7. The van der Waals surface area contributed by atoms with Gasteiger partial charge in [0.25, 0.3) is 0 Å². The van der Waals surface area contributed by atoms with Crippen molar-refractivity contribution in [2.24, 2.45) is 0 Å². The first kappa shape index (κ1) is 26.2. The number of benzene rings is 8. The molecule has 0 atom stereocenters. The average Bonchev–Trinajstić information content (AvgIpc) is 3.91. The van der Waals surface area contributed by atoms with Gasteiger partial charge in [0.2, 0.25) is 0 Å². The quantitative estimate of drug-likeness (QED) is 0.175. The molecular formula is C46H25NS2. The van der Waals surface area contributed by atoms with Gasteiger partial charge in [-0.25, -0.2) is 0 Å². The smallest absolute Gasteiger partial charge is 0.0641 e. The molecule has 226 valence electrons. The summed E-state index contributed by atoms with van der Waals surface area (Å²) in [7, 11) is 0. The Hall–Kier alpha value is -5.74. The van der Waals surface area contributed by atoms with E-state index in [1.54, 1.807) is 0 Å². The molecule has 0 saturated heterocycles. The molecule has 11 aromatic rings. The van der Waals surface area contributed by atoms with Crippen LogP contribution in [0.1, 0.15) is 0 Å². The van der Waals surface area contributed by atoms with Gasteiger partial charge in [0.05, 0.1) is 20.4 Å². The van der Waals surface area contributed by atoms with Gasteiger partial charge >= 0.3 is 0 Å². The predicted octanol–water partition coefficient (Wildman–Crippen LogP) is 14.0. The summed E-state index contributed by atoms with van der Waals surface area (Å²) in [6.07, 6.45) is 0. The first-order valence-electron chi connectivity index (χ1n) is 16.8. The van der Waals surface area contributed by atoms with Crippen molar-refractivity contribution in [2.75, 3.05) is 0 Å². The van der Waals surface area contributed by atoms with Crippen LogP contribution in [0.4, 0.5) is 0 Å². The predicted molar refractivity (Wildman–Crippen MR) is 214 cm³/mol. The fourth-order valence-corrected chi connectivity index (χ4v) is 11.3. The zero-order chi connectivity index (χ0) is 31.8. The van der Waals surface area contributed by atoms with E-state index in [0.717, 1.165) is 0 Å². The highest BCUT2D eigenvalue weighted by molar-refractivity contribution is 7.33. The van der Waals surface area contributed by atoms with E-state index in [4.69, 9.17) is 0 Å². The van der Waals surface area contributed by atoms with Gasteiger partial charge in [0, 0.05) is 47.4 Å². The van der Waals surface area contributed by atoms with E-state index < -0.39 is 0 Å². The highest BCUT2D eigenvalue weighted by atomic mass is 32.1. The summed E-state index contributed by atoms with van der Waals surface area (Å²) >= 11 is 3.88. The zero-order valence-corrected chi connectivity index (χ0v) is 27.8. The summed E-state index contributed by atoms with van der Waals surface area (Å²) in [5, 5.41) is 10.7. The second kappa shape index (κ2) is 9.45. The van der Waals surface area contributed by atoms with Crippen molar-refractivity contribution >= 4 is 95.6 Å².